The van der Waals surface area contributed by atoms with Crippen molar-refractivity contribution >= 4 is 33.7 Å². The predicted octanol–water partition coefficient (Wildman–Crippen LogP) is 3.86. The molecule has 9 heteroatoms. The average molecular weight is 598 g/mol. The SMILES string of the molecule is C=CCOC(=O)[C@H]1[C@@H]2OC3(CC2Br)C(C(=O)N(CC=C)C(C)(C)CC(C)(C)C)N(CCCCCO)C(=O)[C@H]13. The molecule has 3 aliphatic rings. The van der Waals surface area contributed by atoms with Crippen LogP contribution >= 0.6 is 15.9 Å². The van der Waals surface area contributed by atoms with Gasteiger partial charge in [0, 0.05) is 30.1 Å². The van der Waals surface area contributed by atoms with Gasteiger partial charge in [-0.3, -0.25) is 14.4 Å². The molecule has 3 unspecified atom stereocenters. The lowest BCUT2D eigenvalue weighted by Crippen LogP contribution is -2.61. The predicted molar refractivity (Wildman–Crippen MR) is 150 cm³/mol. The molecule has 2 bridgehead atoms. The summed E-state index contributed by atoms with van der Waals surface area (Å²) in [6.45, 7) is 18.8. The van der Waals surface area contributed by atoms with Crippen LogP contribution in [0.5, 0.6) is 0 Å². The van der Waals surface area contributed by atoms with Crippen molar-refractivity contribution in [3.05, 3.63) is 25.3 Å². The molecule has 0 saturated carbocycles. The second-order valence-electron chi connectivity index (χ2n) is 12.7. The molecule has 214 valence electrons. The Morgan fingerprint density at radius 2 is 1.89 bits per heavy atom. The number of aliphatic hydroxyl groups is 1. The first-order chi connectivity index (χ1) is 17.8. The van der Waals surface area contributed by atoms with Crippen molar-refractivity contribution in [2.45, 2.75) is 94.8 Å². The van der Waals surface area contributed by atoms with E-state index in [4.69, 9.17) is 9.47 Å². The Kier molecular flexibility index (Phi) is 9.58. The molecular weight excluding hydrogens is 552 g/mol. The summed E-state index contributed by atoms with van der Waals surface area (Å²) in [5.74, 6) is -2.50. The number of amides is 2. The van der Waals surface area contributed by atoms with E-state index in [1.807, 2.05) is 18.7 Å². The highest BCUT2D eigenvalue weighted by Gasteiger charge is 2.77. The van der Waals surface area contributed by atoms with Crippen molar-refractivity contribution in [3.8, 4) is 0 Å². The zero-order chi connectivity index (χ0) is 28.5. The molecule has 6 atom stereocenters. The lowest BCUT2D eigenvalue weighted by molar-refractivity contribution is -0.155. The van der Waals surface area contributed by atoms with Gasteiger partial charge < -0.3 is 24.4 Å². The van der Waals surface area contributed by atoms with E-state index in [-0.39, 0.29) is 35.3 Å². The van der Waals surface area contributed by atoms with E-state index in [0.29, 0.717) is 32.4 Å². The number of alkyl halides is 1. The maximum absolute atomic E-state index is 14.6. The minimum atomic E-state index is -1.13. The fraction of sp³-hybridized carbons (Fsp3) is 0.759. The Morgan fingerprint density at radius 3 is 2.47 bits per heavy atom. The molecule has 1 spiro atoms. The van der Waals surface area contributed by atoms with Crippen LogP contribution in [0.25, 0.3) is 0 Å². The Labute approximate surface area is 235 Å². The fourth-order valence-corrected chi connectivity index (χ4v) is 7.97. The number of unbranched alkanes of at least 4 members (excludes halogenated alkanes) is 2. The lowest BCUT2D eigenvalue weighted by atomic mass is 9.70. The van der Waals surface area contributed by atoms with Gasteiger partial charge in [-0.05, 0) is 51.4 Å². The van der Waals surface area contributed by atoms with E-state index >= 15 is 0 Å². The van der Waals surface area contributed by atoms with E-state index in [0.717, 1.165) is 12.8 Å². The number of hydrogen-bond donors (Lipinski definition) is 1. The van der Waals surface area contributed by atoms with Gasteiger partial charge >= 0.3 is 5.97 Å². The Balaban J connectivity index is 2.06. The molecule has 0 aromatic carbocycles. The molecule has 1 N–H and O–H groups in total. The second kappa shape index (κ2) is 11.8. The van der Waals surface area contributed by atoms with Crippen molar-refractivity contribution in [1.29, 1.82) is 0 Å². The van der Waals surface area contributed by atoms with Crippen molar-refractivity contribution in [2.24, 2.45) is 17.3 Å². The van der Waals surface area contributed by atoms with Crippen LogP contribution in [0.4, 0.5) is 0 Å². The molecular formula is C29H45BrN2O6. The molecule has 38 heavy (non-hydrogen) atoms. The van der Waals surface area contributed by atoms with E-state index in [1.54, 1.807) is 11.0 Å². The molecule has 2 amide bonds. The third-order valence-corrected chi connectivity index (χ3v) is 8.81. The monoisotopic (exact) mass is 596 g/mol. The summed E-state index contributed by atoms with van der Waals surface area (Å²) in [6.07, 6.45) is 5.83. The van der Waals surface area contributed by atoms with Crippen LogP contribution in [-0.2, 0) is 23.9 Å². The zero-order valence-electron chi connectivity index (χ0n) is 23.6. The number of esters is 1. The van der Waals surface area contributed by atoms with E-state index in [9.17, 15) is 19.5 Å². The van der Waals surface area contributed by atoms with Crippen LogP contribution in [0.1, 0.15) is 66.7 Å². The van der Waals surface area contributed by atoms with E-state index < -0.39 is 41.1 Å². The highest BCUT2D eigenvalue weighted by Crippen LogP contribution is 2.60. The first-order valence-corrected chi connectivity index (χ1v) is 14.6. The average Bonchev–Trinajstić information content (AvgIpc) is 3.40. The number of hydrogen-bond acceptors (Lipinski definition) is 6. The van der Waals surface area contributed by atoms with Gasteiger partial charge in [-0.2, -0.15) is 0 Å². The maximum Gasteiger partial charge on any atom is 0.312 e. The smallest absolute Gasteiger partial charge is 0.312 e. The van der Waals surface area contributed by atoms with Crippen molar-refractivity contribution in [1.82, 2.24) is 9.80 Å². The minimum absolute atomic E-state index is 0.0389. The first-order valence-electron chi connectivity index (χ1n) is 13.7. The van der Waals surface area contributed by atoms with Crippen LogP contribution in [-0.4, -0.2) is 87.1 Å². The topological polar surface area (TPSA) is 96.4 Å². The molecule has 0 aliphatic carbocycles. The molecule has 3 saturated heterocycles. The van der Waals surface area contributed by atoms with Crippen LogP contribution in [0, 0.1) is 17.3 Å². The van der Waals surface area contributed by atoms with Gasteiger partial charge in [0.1, 0.15) is 18.2 Å². The minimum Gasteiger partial charge on any atom is -0.461 e. The van der Waals surface area contributed by atoms with Crippen molar-refractivity contribution in [3.63, 3.8) is 0 Å². The molecule has 8 nitrogen and oxygen atoms in total. The summed E-state index contributed by atoms with van der Waals surface area (Å²) in [5, 5.41) is 9.24. The Morgan fingerprint density at radius 1 is 1.21 bits per heavy atom. The summed E-state index contributed by atoms with van der Waals surface area (Å²) in [5.41, 5.74) is -1.68. The highest BCUT2D eigenvalue weighted by molar-refractivity contribution is 9.09. The number of likely N-dealkylation sites (tertiary alicyclic amines) is 1. The van der Waals surface area contributed by atoms with Crippen LogP contribution in [0.15, 0.2) is 25.3 Å². The third kappa shape index (κ3) is 5.75. The quantitative estimate of drug-likeness (QED) is 0.150. The maximum atomic E-state index is 14.6. The van der Waals surface area contributed by atoms with Gasteiger partial charge in [-0.25, -0.2) is 0 Å². The molecule has 0 aromatic heterocycles. The molecule has 0 aromatic rings. The largest absolute Gasteiger partial charge is 0.461 e. The van der Waals surface area contributed by atoms with Gasteiger partial charge in [0.15, 0.2) is 0 Å². The van der Waals surface area contributed by atoms with Gasteiger partial charge in [-0.1, -0.05) is 55.4 Å². The van der Waals surface area contributed by atoms with Gasteiger partial charge in [0.2, 0.25) is 11.8 Å². The number of rotatable bonds is 13. The molecule has 3 aliphatic heterocycles. The van der Waals surface area contributed by atoms with Gasteiger partial charge in [0.05, 0.1) is 17.9 Å². The van der Waals surface area contributed by atoms with Crippen molar-refractivity contribution < 1.29 is 29.0 Å². The summed E-state index contributed by atoms with van der Waals surface area (Å²) in [6, 6.07) is -0.865. The number of carbonyl (C=O) groups is 3. The summed E-state index contributed by atoms with van der Waals surface area (Å²) in [4.78, 5) is 45.1. The van der Waals surface area contributed by atoms with Crippen LogP contribution in [0.3, 0.4) is 0 Å². The number of carbonyl (C=O) groups excluding carboxylic acids is 3. The van der Waals surface area contributed by atoms with E-state index in [2.05, 4.69) is 49.9 Å². The summed E-state index contributed by atoms with van der Waals surface area (Å²) in [7, 11) is 0. The van der Waals surface area contributed by atoms with Gasteiger partial charge in [0.25, 0.3) is 0 Å². The normalized spacial score (nSPS) is 30.3. The van der Waals surface area contributed by atoms with Crippen molar-refractivity contribution in [2.75, 3.05) is 26.3 Å². The summed E-state index contributed by atoms with van der Waals surface area (Å²) < 4.78 is 12.0. The van der Waals surface area contributed by atoms with Crippen LogP contribution < -0.4 is 0 Å². The molecule has 3 fully saturated rings. The Bertz CT molecular complexity index is 931. The van der Waals surface area contributed by atoms with E-state index in [1.165, 1.54) is 6.08 Å². The van der Waals surface area contributed by atoms with Gasteiger partial charge in [-0.15, -0.1) is 6.58 Å². The number of aliphatic hydroxyl groups excluding tert-OH is 1. The number of fused-ring (bicyclic) bond motifs is 1. The third-order valence-electron chi connectivity index (χ3n) is 7.97. The summed E-state index contributed by atoms with van der Waals surface area (Å²) >= 11 is 3.69. The second-order valence-corrected chi connectivity index (χ2v) is 13.9. The van der Waals surface area contributed by atoms with Crippen LogP contribution in [0.2, 0.25) is 0 Å². The first kappa shape index (κ1) is 30.8. The zero-order valence-corrected chi connectivity index (χ0v) is 25.2. The lowest BCUT2D eigenvalue weighted by Gasteiger charge is -2.45. The Hall–Kier alpha value is -1.71. The molecule has 3 heterocycles. The standard InChI is InChI=1S/C29H45BrN2O6/c1-8-13-32(28(6,7)18-27(3,4)5)25(35)23-29-17-19(30)22(38-29)20(26(36)37-16-9-2)21(29)24(34)31(23)14-11-10-12-15-33/h8-9,19-23,33H,1-2,10-18H2,3-7H3/t19?,20-,21+,22-,23?,29?/m1/s1. The number of halogens is 1. The highest BCUT2D eigenvalue weighted by atomic mass is 79.9. The number of nitrogens with zero attached hydrogens (tertiary/aromatic N) is 2. The molecule has 0 radical (unpaired) electrons. The molecule has 3 rings (SSSR count). The number of ether oxygens (including phenoxy) is 2. The fourth-order valence-electron chi connectivity index (χ4n) is 7.03.